The molecule has 16 heavy (non-hydrogen) atoms. The monoisotopic (exact) mass is 287 g/mol. The molecule has 0 atom stereocenters. The van der Waals surface area contributed by atoms with Crippen LogP contribution in [0.3, 0.4) is 0 Å². The molecule has 2 aromatic rings. The molecule has 0 saturated carbocycles. The van der Waals surface area contributed by atoms with E-state index in [1.807, 2.05) is 0 Å². The Morgan fingerprint density at radius 2 is 2.06 bits per heavy atom. The summed E-state index contributed by atoms with van der Waals surface area (Å²) in [5.74, 6) is -2.92. The van der Waals surface area contributed by atoms with Gasteiger partial charge in [0, 0.05) is 5.39 Å². The fourth-order valence-electron chi connectivity index (χ4n) is 1.29. The highest BCUT2D eigenvalue weighted by Gasteiger charge is 2.14. The maximum atomic E-state index is 13.6. The topological polar surface area (TPSA) is 50.2 Å². The van der Waals surface area contributed by atoms with E-state index in [4.69, 9.17) is 5.11 Å². The van der Waals surface area contributed by atoms with E-state index in [2.05, 4.69) is 20.9 Å². The van der Waals surface area contributed by atoms with Crippen molar-refractivity contribution in [3.63, 3.8) is 0 Å². The summed E-state index contributed by atoms with van der Waals surface area (Å²) in [5, 5.41) is 8.90. The highest BCUT2D eigenvalue weighted by Crippen LogP contribution is 2.26. The van der Waals surface area contributed by atoms with Crippen LogP contribution in [-0.4, -0.2) is 16.1 Å². The average Bonchev–Trinajstić information content (AvgIpc) is 2.25. The van der Waals surface area contributed by atoms with Crippen molar-refractivity contribution < 1.29 is 18.7 Å². The first kappa shape index (κ1) is 10.9. The highest BCUT2D eigenvalue weighted by molar-refractivity contribution is 9.10. The fraction of sp³-hybridized carbons (Fsp3) is 0. The second-order valence-corrected chi connectivity index (χ2v) is 3.85. The van der Waals surface area contributed by atoms with Crippen LogP contribution in [0.4, 0.5) is 8.78 Å². The predicted octanol–water partition coefficient (Wildman–Crippen LogP) is 2.97. The number of carbonyl (C=O) groups is 1. The molecule has 0 aliphatic rings. The van der Waals surface area contributed by atoms with E-state index in [0.29, 0.717) is 0 Å². The van der Waals surface area contributed by atoms with E-state index < -0.39 is 17.6 Å². The van der Waals surface area contributed by atoms with E-state index in [-0.39, 0.29) is 21.1 Å². The standard InChI is InChI=1S/C10H4BrF2NO2/c11-7-5(12)3-4-1-2-6(10(15)16)14-9(4)8(7)13/h1-3H,(H,15,16). The third-order valence-corrected chi connectivity index (χ3v) is 2.76. The summed E-state index contributed by atoms with van der Waals surface area (Å²) in [6.07, 6.45) is 0. The van der Waals surface area contributed by atoms with Gasteiger partial charge in [-0.15, -0.1) is 0 Å². The summed E-state index contributed by atoms with van der Waals surface area (Å²) in [6, 6.07) is 3.59. The number of halogens is 3. The highest BCUT2D eigenvalue weighted by atomic mass is 79.9. The van der Waals surface area contributed by atoms with Crippen LogP contribution < -0.4 is 0 Å². The Hall–Kier alpha value is -1.56. The molecule has 6 heteroatoms. The van der Waals surface area contributed by atoms with Crippen molar-refractivity contribution in [2.75, 3.05) is 0 Å². The van der Waals surface area contributed by atoms with Gasteiger partial charge < -0.3 is 5.11 Å². The third-order valence-electron chi connectivity index (χ3n) is 2.04. The zero-order chi connectivity index (χ0) is 11.9. The molecule has 0 radical (unpaired) electrons. The number of aromatic carboxylic acids is 1. The Kier molecular flexibility index (Phi) is 2.59. The lowest BCUT2D eigenvalue weighted by atomic mass is 10.2. The van der Waals surface area contributed by atoms with Crippen LogP contribution in [0.2, 0.25) is 0 Å². The van der Waals surface area contributed by atoms with Crippen molar-refractivity contribution in [3.8, 4) is 0 Å². The maximum absolute atomic E-state index is 13.6. The second kappa shape index (κ2) is 3.79. The Labute approximate surface area is 96.9 Å². The summed E-state index contributed by atoms with van der Waals surface area (Å²) in [6.45, 7) is 0. The summed E-state index contributed by atoms with van der Waals surface area (Å²) in [5.41, 5.74) is -0.460. The first-order chi connectivity index (χ1) is 7.50. The molecule has 3 nitrogen and oxygen atoms in total. The molecule has 0 aliphatic heterocycles. The summed E-state index contributed by atoms with van der Waals surface area (Å²) >= 11 is 2.72. The zero-order valence-electron chi connectivity index (χ0n) is 7.67. The van der Waals surface area contributed by atoms with Crippen LogP contribution in [0.15, 0.2) is 22.7 Å². The molecule has 0 spiro atoms. The molecule has 0 unspecified atom stereocenters. The van der Waals surface area contributed by atoms with E-state index >= 15 is 0 Å². The number of aromatic nitrogens is 1. The molecular formula is C10H4BrF2NO2. The van der Waals surface area contributed by atoms with Gasteiger partial charge in [0.15, 0.2) is 5.82 Å². The number of benzene rings is 1. The van der Waals surface area contributed by atoms with Crippen LogP contribution in [0.25, 0.3) is 10.9 Å². The quantitative estimate of drug-likeness (QED) is 0.821. The molecule has 1 N–H and O–H groups in total. The fourth-order valence-corrected chi connectivity index (χ4v) is 1.59. The largest absolute Gasteiger partial charge is 0.477 e. The molecule has 82 valence electrons. The van der Waals surface area contributed by atoms with Crippen LogP contribution >= 0.6 is 15.9 Å². The first-order valence-electron chi connectivity index (χ1n) is 4.18. The third kappa shape index (κ3) is 1.65. The molecule has 0 bridgehead atoms. The number of rotatable bonds is 1. The predicted molar refractivity (Wildman–Crippen MR) is 56.3 cm³/mol. The number of carboxylic acid groups (broad SMARTS) is 1. The smallest absolute Gasteiger partial charge is 0.354 e. The van der Waals surface area contributed by atoms with Crippen molar-refractivity contribution in [3.05, 3.63) is 40.0 Å². The lowest BCUT2D eigenvalue weighted by molar-refractivity contribution is 0.0691. The van der Waals surface area contributed by atoms with E-state index in [0.717, 1.165) is 6.07 Å². The minimum absolute atomic E-state index is 0.173. The lowest BCUT2D eigenvalue weighted by Gasteiger charge is -2.03. The number of hydrogen-bond acceptors (Lipinski definition) is 2. The molecule has 1 aromatic carbocycles. The Morgan fingerprint density at radius 3 is 2.69 bits per heavy atom. The van der Waals surface area contributed by atoms with Gasteiger partial charge in [0.25, 0.3) is 0 Å². The molecule has 1 aromatic heterocycles. The van der Waals surface area contributed by atoms with Crippen LogP contribution in [0.1, 0.15) is 10.5 Å². The molecular weight excluding hydrogens is 284 g/mol. The van der Waals surface area contributed by atoms with Crippen molar-refractivity contribution >= 4 is 32.8 Å². The van der Waals surface area contributed by atoms with Gasteiger partial charge in [-0.05, 0) is 28.1 Å². The van der Waals surface area contributed by atoms with Crippen molar-refractivity contribution in [2.45, 2.75) is 0 Å². The van der Waals surface area contributed by atoms with Gasteiger partial charge >= 0.3 is 5.97 Å². The Bertz CT molecular complexity index is 601. The molecule has 2 rings (SSSR count). The van der Waals surface area contributed by atoms with Gasteiger partial charge in [0.05, 0.1) is 4.47 Å². The Balaban J connectivity index is 2.82. The average molecular weight is 288 g/mol. The lowest BCUT2D eigenvalue weighted by Crippen LogP contribution is -2.01. The number of hydrogen-bond donors (Lipinski definition) is 1. The SMILES string of the molecule is O=C(O)c1ccc2cc(F)c(Br)c(F)c2n1. The molecule has 0 aliphatic carbocycles. The molecule has 0 fully saturated rings. The number of fused-ring (bicyclic) bond motifs is 1. The second-order valence-electron chi connectivity index (χ2n) is 3.06. The van der Waals surface area contributed by atoms with Crippen LogP contribution in [-0.2, 0) is 0 Å². The molecule has 0 amide bonds. The Morgan fingerprint density at radius 1 is 1.38 bits per heavy atom. The van der Waals surface area contributed by atoms with E-state index in [1.165, 1.54) is 12.1 Å². The van der Waals surface area contributed by atoms with Crippen LogP contribution in [0.5, 0.6) is 0 Å². The van der Waals surface area contributed by atoms with Crippen molar-refractivity contribution in [1.29, 1.82) is 0 Å². The zero-order valence-corrected chi connectivity index (χ0v) is 9.25. The molecule has 1 heterocycles. The van der Waals surface area contributed by atoms with E-state index in [1.54, 1.807) is 0 Å². The van der Waals surface area contributed by atoms with Crippen molar-refractivity contribution in [2.24, 2.45) is 0 Å². The van der Waals surface area contributed by atoms with Gasteiger partial charge in [-0.25, -0.2) is 18.6 Å². The summed E-state index contributed by atoms with van der Waals surface area (Å²) in [7, 11) is 0. The van der Waals surface area contributed by atoms with E-state index in [9.17, 15) is 13.6 Å². The number of pyridine rings is 1. The summed E-state index contributed by atoms with van der Waals surface area (Å²) in [4.78, 5) is 14.2. The maximum Gasteiger partial charge on any atom is 0.354 e. The molecule has 0 saturated heterocycles. The van der Waals surface area contributed by atoms with Crippen LogP contribution in [0, 0.1) is 11.6 Å². The van der Waals surface area contributed by atoms with Gasteiger partial charge in [-0.2, -0.15) is 0 Å². The van der Waals surface area contributed by atoms with Crippen molar-refractivity contribution in [1.82, 2.24) is 4.98 Å². The minimum atomic E-state index is -1.26. The minimum Gasteiger partial charge on any atom is -0.477 e. The first-order valence-corrected chi connectivity index (χ1v) is 4.97. The van der Waals surface area contributed by atoms with Gasteiger partial charge in [0.2, 0.25) is 0 Å². The van der Waals surface area contributed by atoms with Gasteiger partial charge in [-0.1, -0.05) is 6.07 Å². The van der Waals surface area contributed by atoms with Gasteiger partial charge in [-0.3, -0.25) is 0 Å². The number of nitrogens with zero attached hydrogens (tertiary/aromatic N) is 1. The van der Waals surface area contributed by atoms with Gasteiger partial charge in [0.1, 0.15) is 17.0 Å². The number of carboxylic acids is 1. The normalized spacial score (nSPS) is 10.7. The summed E-state index contributed by atoms with van der Waals surface area (Å²) < 4.78 is 26.3.